The smallest absolute Gasteiger partial charge is 0.407 e. The Hall–Kier alpha value is -4.20. The molecule has 4 rings (SSSR count). The number of carboxylic acids is 1. The number of alkyl carbamates (subject to hydrolysis) is 1. The maximum atomic E-state index is 12.6. The Labute approximate surface area is 190 Å². The van der Waals surface area contributed by atoms with Gasteiger partial charge in [0.2, 0.25) is 5.91 Å². The molecule has 8 heteroatoms. The van der Waals surface area contributed by atoms with Crippen LogP contribution in [0.15, 0.2) is 67.0 Å². The molecule has 1 aliphatic rings. The Morgan fingerprint density at radius 2 is 1.67 bits per heavy atom. The number of hydrogen-bond acceptors (Lipinski definition) is 5. The Kier molecular flexibility index (Phi) is 6.35. The first-order valence-electron chi connectivity index (χ1n) is 10.6. The highest BCUT2D eigenvalue weighted by atomic mass is 16.5. The van der Waals surface area contributed by atoms with Crippen LogP contribution in [0.4, 0.5) is 10.5 Å². The molecule has 0 bridgehead atoms. The molecule has 2 aromatic carbocycles. The molecule has 1 aromatic heterocycles. The fourth-order valence-corrected chi connectivity index (χ4v) is 3.99. The van der Waals surface area contributed by atoms with Gasteiger partial charge >= 0.3 is 12.1 Å². The van der Waals surface area contributed by atoms with Crippen molar-refractivity contribution in [3.05, 3.63) is 83.7 Å². The molecule has 1 unspecified atom stereocenters. The number of nitrogens with zero attached hydrogens (tertiary/aromatic N) is 1. The van der Waals surface area contributed by atoms with Gasteiger partial charge in [0.25, 0.3) is 0 Å². The highest BCUT2D eigenvalue weighted by molar-refractivity contribution is 5.97. The van der Waals surface area contributed by atoms with Crippen molar-refractivity contribution >= 4 is 23.7 Å². The summed E-state index contributed by atoms with van der Waals surface area (Å²) in [4.78, 5) is 40.0. The number of carbonyl (C=O) groups is 3. The van der Waals surface area contributed by atoms with Crippen molar-refractivity contribution in [1.29, 1.82) is 0 Å². The number of benzene rings is 2. The van der Waals surface area contributed by atoms with Crippen molar-refractivity contribution in [3.8, 4) is 11.1 Å². The second-order valence-electron chi connectivity index (χ2n) is 7.69. The summed E-state index contributed by atoms with van der Waals surface area (Å²) in [5.74, 6) is -1.72. The number of aromatic carboxylic acids is 1. The van der Waals surface area contributed by atoms with Crippen LogP contribution >= 0.6 is 0 Å². The standard InChI is InChI=1S/C25H23N3O5/c1-2-22(23(29)27-16-11-15(24(30)31)12-26-13-16)28-25(32)33-14-21-19-9-5-3-7-17(19)18-8-4-6-10-20(18)21/h3-13,21-22H,2,14H2,1H3,(H,27,29)(H,28,32)(H,30,31). The fourth-order valence-electron chi connectivity index (χ4n) is 3.99. The minimum absolute atomic E-state index is 0.0506. The largest absolute Gasteiger partial charge is 0.478 e. The lowest BCUT2D eigenvalue weighted by molar-refractivity contribution is -0.118. The van der Waals surface area contributed by atoms with Gasteiger partial charge in [-0.25, -0.2) is 9.59 Å². The van der Waals surface area contributed by atoms with E-state index in [1.165, 1.54) is 18.5 Å². The van der Waals surface area contributed by atoms with Gasteiger partial charge in [-0.1, -0.05) is 55.5 Å². The van der Waals surface area contributed by atoms with Gasteiger partial charge in [-0.2, -0.15) is 0 Å². The van der Waals surface area contributed by atoms with Gasteiger partial charge in [-0.05, 0) is 34.7 Å². The van der Waals surface area contributed by atoms with Crippen LogP contribution < -0.4 is 10.6 Å². The van der Waals surface area contributed by atoms with Crippen LogP contribution in [0.1, 0.15) is 40.7 Å². The van der Waals surface area contributed by atoms with Crippen LogP contribution in [0.25, 0.3) is 11.1 Å². The van der Waals surface area contributed by atoms with Crippen molar-refractivity contribution in [3.63, 3.8) is 0 Å². The number of aromatic nitrogens is 1. The molecule has 1 atom stereocenters. The molecule has 0 fully saturated rings. The van der Waals surface area contributed by atoms with E-state index in [1.807, 2.05) is 36.4 Å². The summed E-state index contributed by atoms with van der Waals surface area (Å²) in [5.41, 5.74) is 4.64. The molecule has 1 aliphatic carbocycles. The van der Waals surface area contributed by atoms with Crippen LogP contribution in [0.3, 0.4) is 0 Å². The second-order valence-corrected chi connectivity index (χ2v) is 7.69. The lowest BCUT2D eigenvalue weighted by Crippen LogP contribution is -2.43. The zero-order valence-corrected chi connectivity index (χ0v) is 17.9. The summed E-state index contributed by atoms with van der Waals surface area (Å²) >= 11 is 0. The van der Waals surface area contributed by atoms with Gasteiger partial charge in [0.15, 0.2) is 0 Å². The number of carbonyl (C=O) groups excluding carboxylic acids is 2. The SMILES string of the molecule is CCC(NC(=O)OCC1c2ccccc2-c2ccccc21)C(=O)Nc1cncc(C(=O)O)c1. The van der Waals surface area contributed by atoms with Crippen molar-refractivity contribution in [1.82, 2.24) is 10.3 Å². The van der Waals surface area contributed by atoms with Gasteiger partial charge in [0, 0.05) is 12.1 Å². The van der Waals surface area contributed by atoms with Gasteiger partial charge in [0.05, 0.1) is 17.4 Å². The Bertz CT molecular complexity index is 1160. The van der Waals surface area contributed by atoms with Crippen LogP contribution in [-0.2, 0) is 9.53 Å². The molecule has 33 heavy (non-hydrogen) atoms. The van der Waals surface area contributed by atoms with Crippen LogP contribution in [0.2, 0.25) is 0 Å². The zero-order chi connectivity index (χ0) is 23.4. The minimum atomic E-state index is -1.15. The van der Waals surface area contributed by atoms with E-state index in [2.05, 4.69) is 27.8 Å². The van der Waals surface area contributed by atoms with E-state index in [4.69, 9.17) is 9.84 Å². The molecule has 1 heterocycles. The Morgan fingerprint density at radius 1 is 1.03 bits per heavy atom. The maximum absolute atomic E-state index is 12.6. The summed E-state index contributed by atoms with van der Waals surface area (Å²) in [6.45, 7) is 1.89. The second kappa shape index (κ2) is 9.52. The van der Waals surface area contributed by atoms with E-state index >= 15 is 0 Å². The van der Waals surface area contributed by atoms with E-state index in [-0.39, 0.29) is 23.8 Å². The predicted octanol–water partition coefficient (Wildman–Crippen LogP) is 4.04. The highest BCUT2D eigenvalue weighted by Crippen LogP contribution is 2.44. The number of rotatable bonds is 7. The molecule has 0 aliphatic heterocycles. The number of nitrogens with one attached hydrogen (secondary N) is 2. The highest BCUT2D eigenvalue weighted by Gasteiger charge is 2.29. The van der Waals surface area contributed by atoms with E-state index < -0.39 is 24.0 Å². The molecule has 0 saturated heterocycles. The number of ether oxygens (including phenoxy) is 1. The zero-order valence-electron chi connectivity index (χ0n) is 17.9. The van der Waals surface area contributed by atoms with Crippen LogP contribution in [-0.4, -0.2) is 40.7 Å². The summed E-state index contributed by atoms with van der Waals surface area (Å²) < 4.78 is 5.50. The molecule has 168 valence electrons. The number of hydrogen-bond donors (Lipinski definition) is 3. The molecular weight excluding hydrogens is 422 g/mol. The molecule has 2 amide bonds. The first-order chi connectivity index (χ1) is 16.0. The molecular formula is C25H23N3O5. The van der Waals surface area contributed by atoms with E-state index in [1.54, 1.807) is 6.92 Å². The van der Waals surface area contributed by atoms with Gasteiger partial charge < -0.3 is 20.5 Å². The average molecular weight is 445 g/mol. The number of amides is 2. The van der Waals surface area contributed by atoms with Crippen LogP contribution in [0.5, 0.6) is 0 Å². The minimum Gasteiger partial charge on any atom is -0.478 e. The third-order valence-corrected chi connectivity index (χ3v) is 5.61. The normalized spacial score (nSPS) is 12.9. The van der Waals surface area contributed by atoms with Crippen molar-refractivity contribution < 1.29 is 24.2 Å². The first-order valence-corrected chi connectivity index (χ1v) is 10.6. The van der Waals surface area contributed by atoms with Crippen LogP contribution in [0, 0.1) is 0 Å². The molecule has 0 radical (unpaired) electrons. The third-order valence-electron chi connectivity index (χ3n) is 5.61. The van der Waals surface area contributed by atoms with Gasteiger partial charge in [-0.3, -0.25) is 9.78 Å². The first kappa shape index (κ1) is 22.0. The lowest BCUT2D eigenvalue weighted by Gasteiger charge is -2.18. The number of fused-ring (bicyclic) bond motifs is 3. The van der Waals surface area contributed by atoms with E-state index in [9.17, 15) is 14.4 Å². The third kappa shape index (κ3) is 4.69. The average Bonchev–Trinajstić information content (AvgIpc) is 3.15. The Morgan fingerprint density at radius 3 is 2.27 bits per heavy atom. The maximum Gasteiger partial charge on any atom is 0.407 e. The van der Waals surface area contributed by atoms with Gasteiger partial charge in [-0.15, -0.1) is 0 Å². The quantitative estimate of drug-likeness (QED) is 0.505. The Balaban J connectivity index is 1.38. The molecule has 8 nitrogen and oxygen atoms in total. The number of pyridine rings is 1. The molecule has 3 aromatic rings. The lowest BCUT2D eigenvalue weighted by atomic mass is 9.98. The topological polar surface area (TPSA) is 118 Å². The monoisotopic (exact) mass is 445 g/mol. The summed E-state index contributed by atoms with van der Waals surface area (Å²) in [6.07, 6.45) is 2.15. The fraction of sp³-hybridized carbons (Fsp3) is 0.200. The summed E-state index contributed by atoms with van der Waals surface area (Å²) in [6, 6.07) is 16.5. The van der Waals surface area contributed by atoms with Crippen molar-refractivity contribution in [2.75, 3.05) is 11.9 Å². The van der Waals surface area contributed by atoms with Crippen molar-refractivity contribution in [2.45, 2.75) is 25.3 Å². The molecule has 0 spiro atoms. The predicted molar refractivity (Wildman–Crippen MR) is 122 cm³/mol. The summed E-state index contributed by atoms with van der Waals surface area (Å²) in [5, 5.41) is 14.2. The number of carboxylic acid groups (broad SMARTS) is 1. The van der Waals surface area contributed by atoms with E-state index in [0.717, 1.165) is 22.3 Å². The van der Waals surface area contributed by atoms with E-state index in [0.29, 0.717) is 6.42 Å². The summed E-state index contributed by atoms with van der Waals surface area (Å²) in [7, 11) is 0. The van der Waals surface area contributed by atoms with Gasteiger partial charge in [0.1, 0.15) is 12.6 Å². The van der Waals surface area contributed by atoms with Crippen molar-refractivity contribution in [2.24, 2.45) is 0 Å². The number of anilines is 1. The molecule has 3 N–H and O–H groups in total. The molecule has 0 saturated carbocycles.